The maximum absolute atomic E-state index is 12.3. The zero-order valence-electron chi connectivity index (χ0n) is 16.9. The summed E-state index contributed by atoms with van der Waals surface area (Å²) in [6, 6.07) is 12.3. The number of aromatic nitrogens is 2. The molecule has 0 unspecified atom stereocenters. The van der Waals surface area contributed by atoms with Crippen molar-refractivity contribution in [2.24, 2.45) is 0 Å². The van der Waals surface area contributed by atoms with Crippen molar-refractivity contribution >= 4 is 5.97 Å². The van der Waals surface area contributed by atoms with E-state index in [-0.39, 0.29) is 24.7 Å². The molecule has 0 atom stereocenters. The van der Waals surface area contributed by atoms with E-state index in [1.807, 2.05) is 13.8 Å². The number of benzene rings is 2. The fourth-order valence-electron chi connectivity index (χ4n) is 3.03. The Labute approximate surface area is 176 Å². The number of carboxylic acid groups (broad SMARTS) is 1. The number of rotatable bonds is 8. The number of ether oxygens (including phenoxy) is 2. The van der Waals surface area contributed by atoms with Crippen molar-refractivity contribution in [1.82, 2.24) is 9.78 Å². The van der Waals surface area contributed by atoms with Gasteiger partial charge >= 0.3 is 12.3 Å². The molecule has 1 aromatic heterocycles. The molecule has 0 aliphatic rings. The van der Waals surface area contributed by atoms with Crippen molar-refractivity contribution in [3.63, 3.8) is 0 Å². The molecule has 0 radical (unpaired) electrons. The molecule has 0 saturated carbocycles. The molecule has 0 fully saturated rings. The average Bonchev–Trinajstić information content (AvgIpc) is 3.10. The normalized spacial score (nSPS) is 11.5. The highest BCUT2D eigenvalue weighted by Gasteiger charge is 2.31. The summed E-state index contributed by atoms with van der Waals surface area (Å²) in [5.41, 5.74) is 2.81. The second kappa shape index (κ2) is 9.11. The maximum atomic E-state index is 12.3. The standard InChI is InChI=1S/C22H21F3N2O4/c1-14(2)21-16(13-30-19-5-3-4-15(10-19)11-20(28)29)12-27(26-21)17-6-8-18(9-7-17)31-22(23,24)25/h3-10,12,14H,11,13H2,1-2H3,(H,28,29). The van der Waals surface area contributed by atoms with E-state index >= 15 is 0 Å². The number of nitrogens with zero attached hydrogens (tertiary/aromatic N) is 2. The van der Waals surface area contributed by atoms with Gasteiger partial charge in [-0.1, -0.05) is 26.0 Å². The first-order valence-corrected chi connectivity index (χ1v) is 9.49. The minimum atomic E-state index is -4.75. The molecular formula is C22H21F3N2O4. The Morgan fingerprint density at radius 2 is 1.84 bits per heavy atom. The van der Waals surface area contributed by atoms with Crippen LogP contribution in [-0.2, 0) is 17.8 Å². The highest BCUT2D eigenvalue weighted by molar-refractivity contribution is 5.70. The minimum Gasteiger partial charge on any atom is -0.489 e. The van der Waals surface area contributed by atoms with E-state index in [1.165, 1.54) is 24.3 Å². The monoisotopic (exact) mass is 434 g/mol. The predicted molar refractivity (Wildman–Crippen MR) is 106 cm³/mol. The van der Waals surface area contributed by atoms with Crippen LogP contribution >= 0.6 is 0 Å². The van der Waals surface area contributed by atoms with Crippen molar-refractivity contribution in [1.29, 1.82) is 0 Å². The van der Waals surface area contributed by atoms with E-state index in [0.717, 1.165) is 11.3 Å². The molecule has 0 spiro atoms. The van der Waals surface area contributed by atoms with Crippen LogP contribution in [0.5, 0.6) is 11.5 Å². The molecule has 3 rings (SSSR count). The number of carboxylic acids is 1. The summed E-state index contributed by atoms with van der Waals surface area (Å²) in [4.78, 5) is 10.9. The molecule has 2 aromatic carbocycles. The molecule has 0 saturated heterocycles. The molecule has 3 aromatic rings. The molecule has 6 nitrogen and oxygen atoms in total. The Hall–Kier alpha value is -3.49. The van der Waals surface area contributed by atoms with Crippen molar-refractivity contribution < 1.29 is 32.5 Å². The Morgan fingerprint density at radius 1 is 1.13 bits per heavy atom. The van der Waals surface area contributed by atoms with Crippen LogP contribution in [0.2, 0.25) is 0 Å². The quantitative estimate of drug-likeness (QED) is 0.534. The molecule has 0 aliphatic heterocycles. The van der Waals surface area contributed by atoms with Crippen LogP contribution in [-0.4, -0.2) is 27.2 Å². The van der Waals surface area contributed by atoms with Crippen LogP contribution in [0.15, 0.2) is 54.7 Å². The van der Waals surface area contributed by atoms with Gasteiger partial charge in [-0.05, 0) is 47.9 Å². The van der Waals surface area contributed by atoms with E-state index in [2.05, 4.69) is 9.84 Å². The fourth-order valence-corrected chi connectivity index (χ4v) is 3.03. The summed E-state index contributed by atoms with van der Waals surface area (Å²) in [5, 5.41) is 13.5. The van der Waals surface area contributed by atoms with E-state index in [4.69, 9.17) is 9.84 Å². The van der Waals surface area contributed by atoms with Gasteiger partial charge in [0.2, 0.25) is 0 Å². The van der Waals surface area contributed by atoms with Gasteiger partial charge in [-0.2, -0.15) is 5.10 Å². The third kappa shape index (κ3) is 6.24. The van der Waals surface area contributed by atoms with Crippen molar-refractivity contribution in [3.8, 4) is 17.2 Å². The van der Waals surface area contributed by atoms with Gasteiger partial charge < -0.3 is 14.6 Å². The van der Waals surface area contributed by atoms with Gasteiger partial charge in [0.25, 0.3) is 0 Å². The number of halogens is 3. The van der Waals surface area contributed by atoms with Crippen LogP contribution in [0.1, 0.15) is 36.6 Å². The van der Waals surface area contributed by atoms with Gasteiger partial charge in [0.15, 0.2) is 0 Å². The van der Waals surface area contributed by atoms with Gasteiger partial charge in [-0.3, -0.25) is 4.79 Å². The van der Waals surface area contributed by atoms with E-state index in [1.54, 1.807) is 35.1 Å². The highest BCUT2D eigenvalue weighted by Crippen LogP contribution is 2.26. The number of carbonyl (C=O) groups is 1. The van der Waals surface area contributed by atoms with E-state index in [0.29, 0.717) is 17.0 Å². The summed E-state index contributed by atoms with van der Waals surface area (Å²) in [6.07, 6.45) is -3.08. The Kier molecular flexibility index (Phi) is 6.53. The molecule has 0 amide bonds. The molecule has 9 heteroatoms. The van der Waals surface area contributed by atoms with E-state index in [9.17, 15) is 18.0 Å². The van der Waals surface area contributed by atoms with E-state index < -0.39 is 12.3 Å². The topological polar surface area (TPSA) is 73.6 Å². The van der Waals surface area contributed by atoms with Crippen molar-refractivity contribution in [2.45, 2.75) is 39.2 Å². The summed E-state index contributed by atoms with van der Waals surface area (Å²) >= 11 is 0. The SMILES string of the molecule is CC(C)c1nn(-c2ccc(OC(F)(F)F)cc2)cc1COc1cccc(CC(=O)O)c1. The van der Waals surface area contributed by atoms with Gasteiger partial charge in [0.1, 0.15) is 18.1 Å². The predicted octanol–water partition coefficient (Wildman–Crippen LogP) is 5.10. The molecule has 31 heavy (non-hydrogen) atoms. The Balaban J connectivity index is 1.77. The lowest BCUT2D eigenvalue weighted by molar-refractivity contribution is -0.274. The van der Waals surface area contributed by atoms with Crippen molar-refractivity contribution in [2.75, 3.05) is 0 Å². The molecule has 1 N–H and O–H groups in total. The number of aliphatic carboxylic acids is 1. The lowest BCUT2D eigenvalue weighted by Gasteiger charge is -2.09. The lowest BCUT2D eigenvalue weighted by atomic mass is 10.1. The second-order valence-electron chi connectivity index (χ2n) is 7.19. The number of alkyl halides is 3. The Morgan fingerprint density at radius 3 is 2.45 bits per heavy atom. The third-order valence-corrected chi connectivity index (χ3v) is 4.35. The largest absolute Gasteiger partial charge is 0.573 e. The zero-order chi connectivity index (χ0) is 22.6. The van der Waals surface area contributed by atoms with Crippen LogP contribution < -0.4 is 9.47 Å². The van der Waals surface area contributed by atoms with Gasteiger partial charge in [-0.15, -0.1) is 13.2 Å². The first-order chi connectivity index (χ1) is 14.6. The Bertz CT molecular complexity index is 1040. The van der Waals surface area contributed by atoms with Gasteiger partial charge in [0.05, 0.1) is 17.8 Å². The third-order valence-electron chi connectivity index (χ3n) is 4.35. The smallest absolute Gasteiger partial charge is 0.489 e. The molecular weight excluding hydrogens is 413 g/mol. The summed E-state index contributed by atoms with van der Waals surface area (Å²) in [6.45, 7) is 4.16. The first-order valence-electron chi connectivity index (χ1n) is 9.49. The van der Waals surface area contributed by atoms with Crippen LogP contribution in [0.25, 0.3) is 5.69 Å². The van der Waals surface area contributed by atoms with Gasteiger partial charge in [-0.25, -0.2) is 4.68 Å². The summed E-state index contributed by atoms with van der Waals surface area (Å²) < 4.78 is 48.3. The summed E-state index contributed by atoms with van der Waals surface area (Å²) in [7, 11) is 0. The van der Waals surface area contributed by atoms with Crippen LogP contribution in [0, 0.1) is 0 Å². The summed E-state index contributed by atoms with van der Waals surface area (Å²) in [5.74, 6) is -0.606. The minimum absolute atomic E-state index is 0.0889. The maximum Gasteiger partial charge on any atom is 0.573 e. The van der Waals surface area contributed by atoms with Crippen LogP contribution in [0.4, 0.5) is 13.2 Å². The van der Waals surface area contributed by atoms with Gasteiger partial charge in [0, 0.05) is 11.8 Å². The molecule has 0 aliphatic carbocycles. The number of hydrogen-bond acceptors (Lipinski definition) is 4. The first kappa shape index (κ1) is 22.2. The molecule has 0 bridgehead atoms. The lowest BCUT2D eigenvalue weighted by Crippen LogP contribution is -2.17. The van der Waals surface area contributed by atoms with Crippen molar-refractivity contribution in [3.05, 3.63) is 71.5 Å². The fraction of sp³-hybridized carbons (Fsp3) is 0.273. The number of hydrogen-bond donors (Lipinski definition) is 1. The molecule has 1 heterocycles. The van der Waals surface area contributed by atoms with Crippen LogP contribution in [0.3, 0.4) is 0 Å². The average molecular weight is 434 g/mol. The molecule has 164 valence electrons. The zero-order valence-corrected chi connectivity index (χ0v) is 16.9. The second-order valence-corrected chi connectivity index (χ2v) is 7.19. The highest BCUT2D eigenvalue weighted by atomic mass is 19.4.